The van der Waals surface area contributed by atoms with Crippen LogP contribution in [0.4, 0.5) is 11.4 Å². The number of methoxy groups -OCH3 is 1. The number of benzene rings is 2. The van der Waals surface area contributed by atoms with Crippen molar-refractivity contribution in [2.45, 2.75) is 0 Å². The predicted octanol–water partition coefficient (Wildman–Crippen LogP) is 3.91. The van der Waals surface area contributed by atoms with E-state index in [1.165, 1.54) is 18.4 Å². The number of carbonyl (C=O) groups excluding carboxylic acids is 2. The molecular weight excluding hydrogens is 450 g/mol. The number of thiophene rings is 1. The number of carbonyl (C=O) groups is 2. The van der Waals surface area contributed by atoms with E-state index in [1.807, 2.05) is 11.4 Å². The molecule has 8 nitrogen and oxygen atoms in total. The molecule has 164 valence electrons. The molecule has 2 heterocycles. The number of thiocarbonyl (C=S) groups is 1. The summed E-state index contributed by atoms with van der Waals surface area (Å²) < 4.78 is 16.3. The number of fused-ring (bicyclic) bond motifs is 1. The van der Waals surface area contributed by atoms with Crippen molar-refractivity contribution in [1.82, 2.24) is 5.32 Å². The van der Waals surface area contributed by atoms with Crippen LogP contribution in [0.5, 0.6) is 17.2 Å². The molecule has 0 unspecified atom stereocenters. The van der Waals surface area contributed by atoms with Crippen molar-refractivity contribution < 1.29 is 23.8 Å². The average molecular weight is 470 g/mol. The van der Waals surface area contributed by atoms with Crippen LogP contribution >= 0.6 is 23.6 Å². The Morgan fingerprint density at radius 3 is 2.56 bits per heavy atom. The van der Waals surface area contributed by atoms with Gasteiger partial charge in [0.1, 0.15) is 19.0 Å². The summed E-state index contributed by atoms with van der Waals surface area (Å²) in [6.45, 7) is 0.913. The van der Waals surface area contributed by atoms with Gasteiger partial charge in [-0.3, -0.25) is 14.9 Å². The van der Waals surface area contributed by atoms with Gasteiger partial charge in [-0.2, -0.15) is 0 Å². The van der Waals surface area contributed by atoms with Crippen LogP contribution in [0.2, 0.25) is 0 Å². The monoisotopic (exact) mass is 469 g/mol. The molecule has 32 heavy (non-hydrogen) atoms. The molecule has 0 spiro atoms. The summed E-state index contributed by atoms with van der Waals surface area (Å²) in [4.78, 5) is 25.4. The molecule has 0 atom stereocenters. The van der Waals surface area contributed by atoms with E-state index >= 15 is 0 Å². The van der Waals surface area contributed by atoms with Gasteiger partial charge in [-0.05, 0) is 54.0 Å². The number of nitrogens with one attached hydrogen (secondary N) is 3. The molecule has 0 fully saturated rings. The Morgan fingerprint density at radius 2 is 1.81 bits per heavy atom. The van der Waals surface area contributed by atoms with Crippen molar-refractivity contribution in [3.05, 3.63) is 64.4 Å². The zero-order valence-electron chi connectivity index (χ0n) is 17.0. The maximum absolute atomic E-state index is 12.5. The minimum absolute atomic E-state index is 0.113. The van der Waals surface area contributed by atoms with E-state index in [1.54, 1.807) is 42.5 Å². The van der Waals surface area contributed by atoms with Crippen molar-refractivity contribution in [2.75, 3.05) is 31.0 Å². The summed E-state index contributed by atoms with van der Waals surface area (Å²) >= 11 is 6.61. The summed E-state index contributed by atoms with van der Waals surface area (Å²) in [7, 11) is 1.50. The first-order valence-corrected chi connectivity index (χ1v) is 10.9. The van der Waals surface area contributed by atoms with Gasteiger partial charge in [0, 0.05) is 17.3 Å². The van der Waals surface area contributed by atoms with Gasteiger partial charge in [0.15, 0.2) is 16.6 Å². The smallest absolute Gasteiger partial charge is 0.265 e. The molecule has 1 aromatic heterocycles. The van der Waals surface area contributed by atoms with Crippen LogP contribution in [0.25, 0.3) is 0 Å². The molecule has 0 bridgehead atoms. The minimum Gasteiger partial charge on any atom is -0.494 e. The second kappa shape index (κ2) is 9.67. The van der Waals surface area contributed by atoms with E-state index in [2.05, 4.69) is 16.0 Å². The standard InChI is InChI=1S/C22H19N3O5S2/c1-28-17-12-14(5-6-15(17)24-21(27)19-3-2-10-32-19)23-22(31)25-20(26)13-4-7-16-18(11-13)30-9-8-29-16/h2-7,10-12H,8-9H2,1H3,(H,24,27)(H2,23,25,26,31). The quantitative estimate of drug-likeness (QED) is 0.488. The molecular formula is C22H19N3O5S2. The van der Waals surface area contributed by atoms with Gasteiger partial charge >= 0.3 is 0 Å². The summed E-state index contributed by atoms with van der Waals surface area (Å²) in [5.41, 5.74) is 1.49. The highest BCUT2D eigenvalue weighted by atomic mass is 32.1. The van der Waals surface area contributed by atoms with Crippen molar-refractivity contribution in [3.8, 4) is 17.2 Å². The summed E-state index contributed by atoms with van der Waals surface area (Å²) in [6.07, 6.45) is 0. The third-order valence-electron chi connectivity index (χ3n) is 4.48. The van der Waals surface area contributed by atoms with Crippen molar-refractivity contribution in [2.24, 2.45) is 0 Å². The number of hydrogen-bond donors (Lipinski definition) is 3. The maximum atomic E-state index is 12.5. The molecule has 3 N–H and O–H groups in total. The first-order valence-electron chi connectivity index (χ1n) is 9.58. The Bertz CT molecular complexity index is 1160. The van der Waals surface area contributed by atoms with Crippen LogP contribution in [0.15, 0.2) is 53.9 Å². The third-order valence-corrected chi connectivity index (χ3v) is 5.56. The Balaban J connectivity index is 1.39. The first-order chi connectivity index (χ1) is 15.5. The van der Waals surface area contributed by atoms with Gasteiger partial charge in [-0.15, -0.1) is 11.3 Å². The summed E-state index contributed by atoms with van der Waals surface area (Å²) in [5, 5.41) is 10.3. The number of rotatable bonds is 5. The Kier molecular flexibility index (Phi) is 6.52. The summed E-state index contributed by atoms with van der Waals surface area (Å²) in [5.74, 6) is 0.966. The second-order valence-electron chi connectivity index (χ2n) is 6.61. The molecule has 0 radical (unpaired) electrons. The van der Waals surface area contributed by atoms with Gasteiger partial charge in [0.25, 0.3) is 11.8 Å². The van der Waals surface area contributed by atoms with Crippen LogP contribution in [0.1, 0.15) is 20.0 Å². The van der Waals surface area contributed by atoms with Crippen LogP contribution in [-0.4, -0.2) is 37.3 Å². The fraction of sp³-hybridized carbons (Fsp3) is 0.136. The topological polar surface area (TPSA) is 97.9 Å². The van der Waals surface area contributed by atoms with Gasteiger partial charge in [-0.25, -0.2) is 0 Å². The van der Waals surface area contributed by atoms with Crippen LogP contribution in [0, 0.1) is 0 Å². The number of ether oxygens (including phenoxy) is 3. The highest BCUT2D eigenvalue weighted by molar-refractivity contribution is 7.80. The van der Waals surface area contributed by atoms with E-state index in [9.17, 15) is 9.59 Å². The normalized spacial score (nSPS) is 11.9. The Labute approximate surface area is 193 Å². The van der Waals surface area contributed by atoms with Gasteiger partial charge < -0.3 is 24.8 Å². The lowest BCUT2D eigenvalue weighted by atomic mass is 10.2. The van der Waals surface area contributed by atoms with Crippen LogP contribution < -0.4 is 30.2 Å². The summed E-state index contributed by atoms with van der Waals surface area (Å²) in [6, 6.07) is 13.6. The number of amides is 2. The molecule has 2 amide bonds. The molecule has 10 heteroatoms. The van der Waals surface area contributed by atoms with Crippen molar-refractivity contribution in [1.29, 1.82) is 0 Å². The molecule has 3 aromatic rings. The average Bonchev–Trinajstić information content (AvgIpc) is 3.35. The molecule has 0 saturated heterocycles. The van der Waals surface area contributed by atoms with E-state index in [-0.39, 0.29) is 16.9 Å². The largest absolute Gasteiger partial charge is 0.494 e. The lowest BCUT2D eigenvalue weighted by Gasteiger charge is -2.18. The third kappa shape index (κ3) is 4.98. The highest BCUT2D eigenvalue weighted by Gasteiger charge is 2.16. The second-order valence-corrected chi connectivity index (χ2v) is 7.97. The predicted molar refractivity (Wildman–Crippen MR) is 126 cm³/mol. The molecule has 0 saturated carbocycles. The molecule has 2 aromatic carbocycles. The van der Waals surface area contributed by atoms with Crippen LogP contribution in [-0.2, 0) is 0 Å². The maximum Gasteiger partial charge on any atom is 0.265 e. The molecule has 1 aliphatic rings. The van der Waals surface area contributed by atoms with Gasteiger partial charge in [0.05, 0.1) is 17.7 Å². The SMILES string of the molecule is COc1cc(NC(=S)NC(=O)c2ccc3c(c2)OCCO3)ccc1NC(=O)c1cccs1. The molecule has 1 aliphatic heterocycles. The van der Waals surface area contributed by atoms with Crippen LogP contribution in [0.3, 0.4) is 0 Å². The zero-order valence-corrected chi connectivity index (χ0v) is 18.6. The number of hydrogen-bond acceptors (Lipinski definition) is 7. The zero-order chi connectivity index (χ0) is 22.5. The van der Waals surface area contributed by atoms with E-state index in [0.717, 1.165) is 0 Å². The fourth-order valence-electron chi connectivity index (χ4n) is 2.99. The lowest BCUT2D eigenvalue weighted by Crippen LogP contribution is -2.34. The van der Waals surface area contributed by atoms with Crippen molar-refractivity contribution in [3.63, 3.8) is 0 Å². The highest BCUT2D eigenvalue weighted by Crippen LogP contribution is 2.31. The first kappa shape index (κ1) is 21.6. The fourth-order valence-corrected chi connectivity index (χ4v) is 3.82. The minimum atomic E-state index is -0.383. The number of anilines is 2. The van der Waals surface area contributed by atoms with Crippen molar-refractivity contribution >= 4 is 51.9 Å². The lowest BCUT2D eigenvalue weighted by molar-refractivity contribution is 0.0975. The van der Waals surface area contributed by atoms with E-state index < -0.39 is 0 Å². The van der Waals surface area contributed by atoms with E-state index in [0.29, 0.717) is 52.3 Å². The van der Waals surface area contributed by atoms with Gasteiger partial charge in [0.2, 0.25) is 0 Å². The Morgan fingerprint density at radius 1 is 1.00 bits per heavy atom. The van der Waals surface area contributed by atoms with E-state index in [4.69, 9.17) is 26.4 Å². The molecule has 0 aliphatic carbocycles. The molecule has 4 rings (SSSR count). The Hall–Kier alpha value is -3.63. The van der Waals surface area contributed by atoms with Gasteiger partial charge in [-0.1, -0.05) is 6.07 Å².